The SMILES string of the molecule is [CH2]CC(C)(CC(CC(C)C)OCC)OCC. The van der Waals surface area contributed by atoms with E-state index < -0.39 is 0 Å². The Labute approximate surface area is 102 Å². The lowest BCUT2D eigenvalue weighted by molar-refractivity contribution is -0.0734. The molecule has 2 unspecified atom stereocenters. The molecule has 0 aromatic heterocycles. The number of ether oxygens (including phenoxy) is 2. The Bertz CT molecular complexity index is 168. The fourth-order valence-corrected chi connectivity index (χ4v) is 2.04. The van der Waals surface area contributed by atoms with Gasteiger partial charge in [0.25, 0.3) is 0 Å². The van der Waals surface area contributed by atoms with E-state index in [1.165, 1.54) is 0 Å². The molecule has 0 aromatic carbocycles. The van der Waals surface area contributed by atoms with Crippen LogP contribution in [0.15, 0.2) is 0 Å². The van der Waals surface area contributed by atoms with Gasteiger partial charge in [0.2, 0.25) is 0 Å². The summed E-state index contributed by atoms with van der Waals surface area (Å²) in [6.45, 7) is 16.2. The first kappa shape index (κ1) is 15.9. The third-order valence-corrected chi connectivity index (χ3v) is 2.82. The zero-order valence-corrected chi connectivity index (χ0v) is 11.7. The molecule has 0 saturated heterocycles. The minimum Gasteiger partial charge on any atom is -0.378 e. The van der Waals surface area contributed by atoms with Crippen molar-refractivity contribution in [3.05, 3.63) is 6.92 Å². The largest absolute Gasteiger partial charge is 0.378 e. The highest BCUT2D eigenvalue weighted by molar-refractivity contribution is 4.81. The van der Waals surface area contributed by atoms with Gasteiger partial charge in [-0.3, -0.25) is 0 Å². The molecule has 97 valence electrons. The van der Waals surface area contributed by atoms with Crippen molar-refractivity contribution in [1.82, 2.24) is 0 Å². The molecule has 0 heterocycles. The number of hydrogen-bond acceptors (Lipinski definition) is 2. The van der Waals surface area contributed by atoms with Crippen LogP contribution in [0.2, 0.25) is 0 Å². The van der Waals surface area contributed by atoms with Crippen molar-refractivity contribution >= 4 is 0 Å². The second-order valence-electron chi connectivity index (χ2n) is 5.04. The predicted octanol–water partition coefficient (Wildman–Crippen LogP) is 3.85. The first-order valence-corrected chi connectivity index (χ1v) is 6.52. The Morgan fingerprint density at radius 2 is 1.81 bits per heavy atom. The molecule has 0 bridgehead atoms. The van der Waals surface area contributed by atoms with Crippen LogP contribution in [-0.2, 0) is 9.47 Å². The van der Waals surface area contributed by atoms with Crippen molar-refractivity contribution in [1.29, 1.82) is 0 Å². The minimum absolute atomic E-state index is 0.135. The smallest absolute Gasteiger partial charge is 0.0679 e. The zero-order valence-electron chi connectivity index (χ0n) is 11.7. The van der Waals surface area contributed by atoms with E-state index in [0.717, 1.165) is 32.5 Å². The molecule has 16 heavy (non-hydrogen) atoms. The number of rotatable bonds is 9. The van der Waals surface area contributed by atoms with E-state index in [4.69, 9.17) is 9.47 Å². The summed E-state index contributed by atoms with van der Waals surface area (Å²) in [4.78, 5) is 0. The normalized spacial score (nSPS) is 17.4. The lowest BCUT2D eigenvalue weighted by atomic mass is 9.91. The van der Waals surface area contributed by atoms with E-state index >= 15 is 0 Å². The molecular formula is C14H29O2. The lowest BCUT2D eigenvalue weighted by Crippen LogP contribution is -2.34. The van der Waals surface area contributed by atoms with Crippen molar-refractivity contribution in [3.63, 3.8) is 0 Å². The van der Waals surface area contributed by atoms with Crippen molar-refractivity contribution in [2.24, 2.45) is 5.92 Å². The second kappa shape index (κ2) is 8.08. The van der Waals surface area contributed by atoms with Gasteiger partial charge in [-0.25, -0.2) is 0 Å². The highest BCUT2D eigenvalue weighted by Gasteiger charge is 2.27. The summed E-state index contributed by atoms with van der Waals surface area (Å²) in [5, 5.41) is 0. The third kappa shape index (κ3) is 6.49. The van der Waals surface area contributed by atoms with E-state index in [-0.39, 0.29) is 5.60 Å². The Kier molecular flexibility index (Phi) is 8.04. The van der Waals surface area contributed by atoms with Crippen LogP contribution in [0.1, 0.15) is 53.9 Å². The Morgan fingerprint density at radius 3 is 2.19 bits per heavy atom. The van der Waals surface area contributed by atoms with Gasteiger partial charge in [0.1, 0.15) is 0 Å². The van der Waals surface area contributed by atoms with Crippen LogP contribution in [0.25, 0.3) is 0 Å². The molecule has 0 amide bonds. The minimum atomic E-state index is -0.135. The Hall–Kier alpha value is -0.0800. The first-order valence-electron chi connectivity index (χ1n) is 6.52. The van der Waals surface area contributed by atoms with Crippen LogP contribution in [-0.4, -0.2) is 24.9 Å². The van der Waals surface area contributed by atoms with Crippen LogP contribution >= 0.6 is 0 Å². The molecule has 0 saturated carbocycles. The van der Waals surface area contributed by atoms with Gasteiger partial charge in [0.05, 0.1) is 11.7 Å². The highest BCUT2D eigenvalue weighted by atomic mass is 16.5. The first-order chi connectivity index (χ1) is 7.47. The lowest BCUT2D eigenvalue weighted by Gasteiger charge is -2.32. The third-order valence-electron chi connectivity index (χ3n) is 2.82. The standard InChI is InChI=1S/C14H29O2/c1-7-14(6,16-9-3)11-13(15-8-2)10-12(4)5/h12-13H,1,7-11H2,2-6H3. The summed E-state index contributed by atoms with van der Waals surface area (Å²) >= 11 is 0. The molecule has 0 rings (SSSR count). The summed E-state index contributed by atoms with van der Waals surface area (Å²) in [6, 6.07) is 0. The molecule has 2 nitrogen and oxygen atoms in total. The average Bonchev–Trinajstić information content (AvgIpc) is 2.17. The fraction of sp³-hybridized carbons (Fsp3) is 0.929. The molecule has 0 spiro atoms. The molecule has 1 radical (unpaired) electrons. The summed E-state index contributed by atoms with van der Waals surface area (Å²) < 4.78 is 11.6. The van der Waals surface area contributed by atoms with Crippen molar-refractivity contribution < 1.29 is 9.47 Å². The zero-order chi connectivity index (χ0) is 12.6. The fourth-order valence-electron chi connectivity index (χ4n) is 2.04. The van der Waals surface area contributed by atoms with Gasteiger partial charge in [-0.05, 0) is 39.5 Å². The van der Waals surface area contributed by atoms with Crippen molar-refractivity contribution in [2.75, 3.05) is 13.2 Å². The van der Waals surface area contributed by atoms with Gasteiger partial charge in [-0.2, -0.15) is 0 Å². The van der Waals surface area contributed by atoms with Gasteiger partial charge in [-0.1, -0.05) is 20.8 Å². The summed E-state index contributed by atoms with van der Waals surface area (Å²) in [5.74, 6) is 0.659. The highest BCUT2D eigenvalue weighted by Crippen LogP contribution is 2.25. The molecule has 2 atom stereocenters. The van der Waals surface area contributed by atoms with E-state index in [9.17, 15) is 0 Å². The van der Waals surface area contributed by atoms with Gasteiger partial charge < -0.3 is 9.47 Å². The predicted molar refractivity (Wildman–Crippen MR) is 69.5 cm³/mol. The molecular weight excluding hydrogens is 200 g/mol. The molecule has 0 fully saturated rings. The van der Waals surface area contributed by atoms with Crippen LogP contribution in [0.5, 0.6) is 0 Å². The maximum absolute atomic E-state index is 5.79. The summed E-state index contributed by atoms with van der Waals surface area (Å²) in [6.07, 6.45) is 3.12. The van der Waals surface area contributed by atoms with Gasteiger partial charge in [0, 0.05) is 19.6 Å². The van der Waals surface area contributed by atoms with Crippen LogP contribution in [0, 0.1) is 12.8 Å². The van der Waals surface area contributed by atoms with Gasteiger partial charge in [-0.15, -0.1) is 0 Å². The molecule has 0 aliphatic carbocycles. The van der Waals surface area contributed by atoms with Crippen LogP contribution in [0.4, 0.5) is 0 Å². The molecule has 0 N–H and O–H groups in total. The maximum atomic E-state index is 5.79. The Morgan fingerprint density at radius 1 is 1.19 bits per heavy atom. The number of hydrogen-bond donors (Lipinski definition) is 0. The maximum Gasteiger partial charge on any atom is 0.0679 e. The Balaban J connectivity index is 4.32. The van der Waals surface area contributed by atoms with Crippen LogP contribution < -0.4 is 0 Å². The quantitative estimate of drug-likeness (QED) is 0.598. The molecule has 0 aliphatic heterocycles. The topological polar surface area (TPSA) is 18.5 Å². The van der Waals surface area contributed by atoms with E-state index in [1.54, 1.807) is 0 Å². The van der Waals surface area contributed by atoms with E-state index in [0.29, 0.717) is 12.0 Å². The van der Waals surface area contributed by atoms with Crippen LogP contribution in [0.3, 0.4) is 0 Å². The summed E-state index contributed by atoms with van der Waals surface area (Å²) in [5.41, 5.74) is -0.135. The molecule has 0 aromatic rings. The second-order valence-corrected chi connectivity index (χ2v) is 5.04. The molecule has 2 heteroatoms. The van der Waals surface area contributed by atoms with E-state index in [2.05, 4.69) is 34.6 Å². The van der Waals surface area contributed by atoms with Gasteiger partial charge >= 0.3 is 0 Å². The van der Waals surface area contributed by atoms with Gasteiger partial charge in [0.15, 0.2) is 0 Å². The average molecular weight is 229 g/mol. The monoisotopic (exact) mass is 229 g/mol. The van der Waals surface area contributed by atoms with Crippen molar-refractivity contribution in [3.8, 4) is 0 Å². The van der Waals surface area contributed by atoms with Crippen molar-refractivity contribution in [2.45, 2.75) is 65.6 Å². The van der Waals surface area contributed by atoms with E-state index in [1.807, 2.05) is 6.92 Å². The molecule has 0 aliphatic rings. The summed E-state index contributed by atoms with van der Waals surface area (Å²) in [7, 11) is 0.